The highest BCUT2D eigenvalue weighted by molar-refractivity contribution is 7.07. The first-order valence-corrected chi connectivity index (χ1v) is 10.4. The Morgan fingerprint density at radius 2 is 2.07 bits per heavy atom. The van der Waals surface area contributed by atoms with E-state index >= 15 is 0 Å². The molecular weight excluding hydrogens is 400 g/mol. The molecule has 152 valence electrons. The van der Waals surface area contributed by atoms with E-state index in [9.17, 15) is 9.59 Å². The van der Waals surface area contributed by atoms with Gasteiger partial charge in [0.05, 0.1) is 34.7 Å². The van der Waals surface area contributed by atoms with E-state index in [4.69, 9.17) is 9.15 Å². The van der Waals surface area contributed by atoms with Crippen molar-refractivity contribution in [1.82, 2.24) is 4.57 Å². The van der Waals surface area contributed by atoms with Gasteiger partial charge in [-0.15, -0.1) is 0 Å². The molecule has 1 atom stereocenters. The number of aromatic nitrogens is 1. The topological polar surface area (TPSA) is 73.8 Å². The molecule has 1 aliphatic heterocycles. The van der Waals surface area contributed by atoms with E-state index in [0.29, 0.717) is 26.4 Å². The van der Waals surface area contributed by atoms with Crippen LogP contribution in [0.5, 0.6) is 0 Å². The number of carbonyl (C=O) groups excluding carboxylic acids is 1. The van der Waals surface area contributed by atoms with Crippen LogP contribution in [-0.4, -0.2) is 17.1 Å². The summed E-state index contributed by atoms with van der Waals surface area (Å²) in [6.07, 6.45) is 6.98. The van der Waals surface area contributed by atoms with Crippen LogP contribution in [0.4, 0.5) is 0 Å². The number of hydrogen-bond acceptors (Lipinski definition) is 6. The zero-order valence-electron chi connectivity index (χ0n) is 16.6. The van der Waals surface area contributed by atoms with Gasteiger partial charge >= 0.3 is 5.97 Å². The summed E-state index contributed by atoms with van der Waals surface area (Å²) in [6, 6.07) is 12.6. The van der Waals surface area contributed by atoms with Crippen LogP contribution in [-0.2, 0) is 9.53 Å². The molecule has 0 fully saturated rings. The minimum atomic E-state index is -0.612. The van der Waals surface area contributed by atoms with Crippen LogP contribution in [0.25, 0.3) is 12.2 Å². The Morgan fingerprint density at radius 3 is 2.77 bits per heavy atom. The van der Waals surface area contributed by atoms with Crippen LogP contribution in [0.3, 0.4) is 0 Å². The van der Waals surface area contributed by atoms with Gasteiger partial charge in [0.1, 0.15) is 5.76 Å². The molecule has 0 saturated carbocycles. The number of benzene rings is 1. The predicted molar refractivity (Wildman–Crippen MR) is 115 cm³/mol. The molecule has 0 amide bonds. The Balaban J connectivity index is 1.88. The molecule has 2 aromatic heterocycles. The number of ether oxygens (including phenoxy) is 1. The highest BCUT2D eigenvalue weighted by atomic mass is 32.1. The number of rotatable bonds is 5. The fourth-order valence-corrected chi connectivity index (χ4v) is 4.32. The van der Waals surface area contributed by atoms with Crippen LogP contribution in [0, 0.1) is 0 Å². The van der Waals surface area contributed by atoms with Gasteiger partial charge in [-0.25, -0.2) is 9.79 Å². The lowest BCUT2D eigenvalue weighted by Gasteiger charge is -2.21. The number of hydrogen-bond donors (Lipinski definition) is 0. The third kappa shape index (κ3) is 3.84. The molecule has 0 bridgehead atoms. The van der Waals surface area contributed by atoms with Gasteiger partial charge in [-0.1, -0.05) is 53.8 Å². The molecule has 0 radical (unpaired) electrons. The number of carbonyl (C=O) groups is 1. The van der Waals surface area contributed by atoms with Gasteiger partial charge in [-0.3, -0.25) is 9.36 Å². The first kappa shape index (κ1) is 19.8. The average Bonchev–Trinajstić information content (AvgIpc) is 3.35. The molecule has 0 unspecified atom stereocenters. The van der Waals surface area contributed by atoms with E-state index in [1.54, 1.807) is 38.3 Å². The van der Waals surface area contributed by atoms with Crippen molar-refractivity contribution < 1.29 is 13.9 Å². The molecule has 0 saturated heterocycles. The summed E-state index contributed by atoms with van der Waals surface area (Å²) >= 11 is 1.26. The maximum absolute atomic E-state index is 13.2. The van der Waals surface area contributed by atoms with E-state index in [2.05, 4.69) is 4.99 Å². The first-order valence-electron chi connectivity index (χ1n) is 9.55. The molecular formula is C23H20N2O4S. The number of nitrogens with zero attached hydrogens (tertiary/aromatic N) is 2. The second-order valence-electron chi connectivity index (χ2n) is 6.63. The van der Waals surface area contributed by atoms with E-state index in [1.165, 1.54) is 15.9 Å². The Labute approximate surface area is 176 Å². The lowest BCUT2D eigenvalue weighted by molar-refractivity contribution is -0.139. The van der Waals surface area contributed by atoms with Gasteiger partial charge in [0.15, 0.2) is 4.80 Å². The highest BCUT2D eigenvalue weighted by Crippen LogP contribution is 2.26. The number of allylic oxidation sites excluding steroid dienone is 2. The molecule has 4 rings (SSSR count). The molecule has 3 aromatic rings. The maximum atomic E-state index is 13.2. The second-order valence-corrected chi connectivity index (χ2v) is 7.64. The summed E-state index contributed by atoms with van der Waals surface area (Å²) in [5, 5.41) is 0. The van der Waals surface area contributed by atoms with Crippen LogP contribution in [0.15, 0.2) is 80.3 Å². The lowest BCUT2D eigenvalue weighted by Crippen LogP contribution is -2.38. The van der Waals surface area contributed by atoms with Gasteiger partial charge in [0.25, 0.3) is 5.56 Å². The third-order valence-electron chi connectivity index (χ3n) is 4.65. The van der Waals surface area contributed by atoms with Crippen molar-refractivity contribution in [3.05, 3.63) is 97.1 Å². The smallest absolute Gasteiger partial charge is 0.338 e. The average molecular weight is 420 g/mol. The van der Waals surface area contributed by atoms with Gasteiger partial charge in [0, 0.05) is 6.08 Å². The molecule has 30 heavy (non-hydrogen) atoms. The van der Waals surface area contributed by atoms with E-state index < -0.39 is 12.0 Å². The summed E-state index contributed by atoms with van der Waals surface area (Å²) in [6.45, 7) is 3.76. The van der Waals surface area contributed by atoms with E-state index in [1.807, 2.05) is 42.5 Å². The molecule has 1 aliphatic rings. The summed E-state index contributed by atoms with van der Waals surface area (Å²) in [5.41, 5.74) is 1.64. The summed E-state index contributed by atoms with van der Waals surface area (Å²) < 4.78 is 12.6. The predicted octanol–water partition coefficient (Wildman–Crippen LogP) is 3.06. The fraction of sp³-hybridized carbons (Fsp3) is 0.174. The Kier molecular flexibility index (Phi) is 5.63. The SMILES string of the molecule is CCOC(=O)C1=C(C)N=c2s/c(=C/c3ccco3)c(=O)n2[C@@H]1/C=C\c1ccccc1. The Bertz CT molecular complexity index is 1300. The lowest BCUT2D eigenvalue weighted by atomic mass is 10.0. The van der Waals surface area contributed by atoms with Gasteiger partial charge in [-0.2, -0.15) is 0 Å². The largest absolute Gasteiger partial charge is 0.465 e. The van der Waals surface area contributed by atoms with Crippen molar-refractivity contribution >= 4 is 29.5 Å². The van der Waals surface area contributed by atoms with E-state index in [0.717, 1.165) is 5.56 Å². The highest BCUT2D eigenvalue weighted by Gasteiger charge is 2.30. The minimum absolute atomic E-state index is 0.229. The van der Waals surface area contributed by atoms with Gasteiger partial charge in [0.2, 0.25) is 0 Å². The van der Waals surface area contributed by atoms with E-state index in [-0.39, 0.29) is 12.2 Å². The summed E-state index contributed by atoms with van der Waals surface area (Å²) in [7, 11) is 0. The van der Waals surface area contributed by atoms with Crippen molar-refractivity contribution in [1.29, 1.82) is 0 Å². The van der Waals surface area contributed by atoms with Crippen LogP contribution >= 0.6 is 11.3 Å². The molecule has 0 aliphatic carbocycles. The second kappa shape index (κ2) is 8.51. The van der Waals surface area contributed by atoms with Gasteiger partial charge in [-0.05, 0) is 31.5 Å². The monoisotopic (exact) mass is 420 g/mol. The molecule has 7 heteroatoms. The minimum Gasteiger partial charge on any atom is -0.465 e. The van der Waals surface area contributed by atoms with Crippen LogP contribution in [0.1, 0.15) is 31.2 Å². The standard InChI is InChI=1S/C23H20N2O4S/c1-3-28-22(27)20-15(2)24-23-25(18(20)12-11-16-8-5-4-6-9-16)21(26)19(30-23)14-17-10-7-13-29-17/h4-14,18H,3H2,1-2H3/b12-11-,19-14+/t18-/m1/s1. The van der Waals surface area contributed by atoms with Crippen molar-refractivity contribution in [2.75, 3.05) is 6.61 Å². The number of furan rings is 1. The van der Waals surface area contributed by atoms with Crippen LogP contribution < -0.4 is 14.9 Å². The fourth-order valence-electron chi connectivity index (χ4n) is 3.29. The summed E-state index contributed by atoms with van der Waals surface area (Å²) in [4.78, 5) is 31.0. The molecule has 6 nitrogen and oxygen atoms in total. The Hall–Kier alpha value is -3.45. The number of fused-ring (bicyclic) bond motifs is 1. The third-order valence-corrected chi connectivity index (χ3v) is 5.63. The maximum Gasteiger partial charge on any atom is 0.338 e. The van der Waals surface area contributed by atoms with Crippen molar-refractivity contribution in [2.45, 2.75) is 19.9 Å². The van der Waals surface area contributed by atoms with Crippen LogP contribution in [0.2, 0.25) is 0 Å². The Morgan fingerprint density at radius 1 is 1.27 bits per heavy atom. The zero-order valence-corrected chi connectivity index (χ0v) is 17.4. The van der Waals surface area contributed by atoms with Gasteiger partial charge < -0.3 is 9.15 Å². The van der Waals surface area contributed by atoms with Crippen molar-refractivity contribution in [3.63, 3.8) is 0 Å². The zero-order chi connectivity index (χ0) is 21.1. The number of thiazole rings is 1. The molecule has 0 N–H and O–H groups in total. The first-order chi connectivity index (χ1) is 14.6. The van der Waals surface area contributed by atoms with Crippen molar-refractivity contribution in [3.8, 4) is 0 Å². The normalized spacial score (nSPS) is 16.6. The quantitative estimate of drug-likeness (QED) is 0.595. The molecule has 3 heterocycles. The summed E-state index contributed by atoms with van der Waals surface area (Å²) in [5.74, 6) is 0.111. The molecule has 0 spiro atoms. The molecule has 1 aromatic carbocycles. The van der Waals surface area contributed by atoms with Crippen molar-refractivity contribution in [2.24, 2.45) is 4.99 Å². The number of esters is 1.